The fourth-order valence-corrected chi connectivity index (χ4v) is 0.607. The van der Waals surface area contributed by atoms with Gasteiger partial charge in [-0.05, 0) is 12.1 Å². The molecule has 0 aliphatic carbocycles. The molecule has 11 heavy (non-hydrogen) atoms. The molecule has 1 aromatic rings. The molecule has 57 valence electrons. The Morgan fingerprint density at radius 2 is 2.18 bits per heavy atom. The number of nitrogens with zero attached hydrogens (tertiary/aromatic N) is 1. The fourth-order valence-electron chi connectivity index (χ4n) is 0.607. The molecule has 0 heterocycles. The largest absolute Gasteiger partial charge is 0.340 e. The molecule has 5 heteroatoms. The Kier molecular flexibility index (Phi) is 1.80. The zero-order chi connectivity index (χ0) is 8.43. The summed E-state index contributed by atoms with van der Waals surface area (Å²) in [6.07, 6.45) is 0. The van der Waals surface area contributed by atoms with E-state index in [-0.39, 0.29) is 0 Å². The molecule has 0 N–H and O–H groups in total. The van der Waals surface area contributed by atoms with E-state index < -0.39 is 22.2 Å². The quantitative estimate of drug-likeness (QED) is 0.460. The Morgan fingerprint density at radius 1 is 1.55 bits per heavy atom. The van der Waals surface area contributed by atoms with Gasteiger partial charge in [-0.15, -0.1) is 0 Å². The molecule has 1 aromatic carbocycles. The second-order valence-electron chi connectivity index (χ2n) is 1.75. The summed E-state index contributed by atoms with van der Waals surface area (Å²) in [5.41, 5.74) is -1.16. The second kappa shape index (κ2) is 2.61. The fraction of sp³-hybridized carbons (Fsp3) is 0. The first kappa shape index (κ1) is 7.59. The molecule has 1 rings (SSSR count). The monoisotopic (exact) mass is 158 g/mol. The first-order valence-electron chi connectivity index (χ1n) is 2.63. The second-order valence-corrected chi connectivity index (χ2v) is 1.75. The van der Waals surface area contributed by atoms with Gasteiger partial charge >= 0.3 is 5.69 Å². The normalized spacial score (nSPS) is 9.64. The molecule has 0 bridgehead atoms. The third kappa shape index (κ3) is 1.31. The maximum Gasteiger partial charge on any atom is 0.340 e. The SMILES string of the molecule is O=[N+]([O-])c1c(F)[c]ccc1F. The van der Waals surface area contributed by atoms with Crippen molar-refractivity contribution in [2.45, 2.75) is 0 Å². The van der Waals surface area contributed by atoms with Crippen LogP contribution in [0.3, 0.4) is 0 Å². The van der Waals surface area contributed by atoms with Gasteiger partial charge in [-0.3, -0.25) is 10.1 Å². The van der Waals surface area contributed by atoms with Crippen molar-refractivity contribution < 1.29 is 13.7 Å². The van der Waals surface area contributed by atoms with Crippen LogP contribution in [0.4, 0.5) is 14.5 Å². The highest BCUT2D eigenvalue weighted by atomic mass is 19.1. The minimum atomic E-state index is -1.28. The molecular weight excluding hydrogens is 156 g/mol. The van der Waals surface area contributed by atoms with Crippen molar-refractivity contribution in [3.8, 4) is 0 Å². The molecule has 0 fully saturated rings. The summed E-state index contributed by atoms with van der Waals surface area (Å²) in [4.78, 5) is 8.82. The molecule has 0 aromatic heterocycles. The van der Waals surface area contributed by atoms with E-state index in [9.17, 15) is 18.9 Å². The number of rotatable bonds is 1. The van der Waals surface area contributed by atoms with Crippen LogP contribution in [0.5, 0.6) is 0 Å². The molecule has 0 atom stereocenters. The standard InChI is InChI=1S/C6H2F2NO2/c7-4-2-1-3-5(8)6(4)9(10)11/h1-2H. The minimum Gasteiger partial charge on any atom is -0.258 e. The van der Waals surface area contributed by atoms with Crippen molar-refractivity contribution in [1.29, 1.82) is 0 Å². The van der Waals surface area contributed by atoms with Crippen LogP contribution in [-0.4, -0.2) is 4.92 Å². The molecule has 0 aliphatic heterocycles. The molecule has 0 saturated carbocycles. The highest BCUT2D eigenvalue weighted by Crippen LogP contribution is 2.19. The maximum atomic E-state index is 12.4. The van der Waals surface area contributed by atoms with Crippen molar-refractivity contribution in [2.75, 3.05) is 0 Å². The Morgan fingerprint density at radius 3 is 2.55 bits per heavy atom. The zero-order valence-corrected chi connectivity index (χ0v) is 5.17. The molecule has 0 saturated heterocycles. The van der Waals surface area contributed by atoms with E-state index in [4.69, 9.17) is 0 Å². The van der Waals surface area contributed by atoms with Gasteiger partial charge in [0.05, 0.1) is 4.92 Å². The Hall–Kier alpha value is -1.52. The molecule has 1 radical (unpaired) electrons. The van der Waals surface area contributed by atoms with Crippen LogP contribution in [0.1, 0.15) is 0 Å². The van der Waals surface area contributed by atoms with E-state index in [1.54, 1.807) is 0 Å². The van der Waals surface area contributed by atoms with Crippen molar-refractivity contribution in [2.24, 2.45) is 0 Å². The summed E-state index contributed by atoms with van der Waals surface area (Å²) in [7, 11) is 0. The average Bonchev–Trinajstić information content (AvgIpc) is 1.85. The van der Waals surface area contributed by atoms with Crippen molar-refractivity contribution >= 4 is 5.69 Å². The average molecular weight is 158 g/mol. The highest BCUT2D eigenvalue weighted by Gasteiger charge is 2.19. The van der Waals surface area contributed by atoms with E-state index in [1.807, 2.05) is 6.07 Å². The summed E-state index contributed by atoms with van der Waals surface area (Å²) in [6, 6.07) is 3.59. The van der Waals surface area contributed by atoms with Gasteiger partial charge in [0.15, 0.2) is 0 Å². The Labute approximate surface area is 60.4 Å². The number of nitro benzene ring substituents is 1. The smallest absolute Gasteiger partial charge is 0.258 e. The van der Waals surface area contributed by atoms with Gasteiger partial charge in [-0.2, -0.15) is 8.78 Å². The first-order valence-corrected chi connectivity index (χ1v) is 2.63. The predicted molar refractivity (Wildman–Crippen MR) is 31.8 cm³/mol. The number of nitro groups is 1. The lowest BCUT2D eigenvalue weighted by Crippen LogP contribution is -1.95. The van der Waals surface area contributed by atoms with Gasteiger partial charge in [0.2, 0.25) is 11.6 Å². The van der Waals surface area contributed by atoms with Gasteiger partial charge < -0.3 is 0 Å². The first-order chi connectivity index (χ1) is 5.13. The summed E-state index contributed by atoms with van der Waals surface area (Å²) in [6.45, 7) is 0. The van der Waals surface area contributed by atoms with Crippen molar-refractivity contribution in [1.82, 2.24) is 0 Å². The molecule has 0 spiro atoms. The third-order valence-electron chi connectivity index (χ3n) is 1.06. The zero-order valence-electron chi connectivity index (χ0n) is 5.17. The van der Waals surface area contributed by atoms with E-state index in [2.05, 4.69) is 0 Å². The maximum absolute atomic E-state index is 12.4. The summed E-state index contributed by atoms with van der Waals surface area (Å²) >= 11 is 0. The van der Waals surface area contributed by atoms with Crippen LogP contribution in [0.25, 0.3) is 0 Å². The third-order valence-corrected chi connectivity index (χ3v) is 1.06. The lowest BCUT2D eigenvalue weighted by molar-refractivity contribution is -0.390. The van der Waals surface area contributed by atoms with E-state index in [0.717, 1.165) is 12.1 Å². The lowest BCUT2D eigenvalue weighted by Gasteiger charge is -1.92. The lowest BCUT2D eigenvalue weighted by atomic mass is 10.3. The number of benzene rings is 1. The van der Waals surface area contributed by atoms with Crippen LogP contribution in [0.2, 0.25) is 0 Å². The summed E-state index contributed by atoms with van der Waals surface area (Å²) in [5.74, 6) is -2.47. The molecule has 3 nitrogen and oxygen atoms in total. The van der Waals surface area contributed by atoms with Crippen LogP contribution in [0.15, 0.2) is 12.1 Å². The van der Waals surface area contributed by atoms with Crippen molar-refractivity contribution in [3.05, 3.63) is 39.9 Å². The van der Waals surface area contributed by atoms with Gasteiger partial charge in [0.25, 0.3) is 0 Å². The molecule has 0 unspecified atom stereocenters. The topological polar surface area (TPSA) is 43.1 Å². The van der Waals surface area contributed by atoms with Gasteiger partial charge in [-0.25, -0.2) is 0 Å². The van der Waals surface area contributed by atoms with Crippen molar-refractivity contribution in [3.63, 3.8) is 0 Å². The molecule has 0 aliphatic rings. The highest BCUT2D eigenvalue weighted by molar-refractivity contribution is 5.32. The van der Waals surface area contributed by atoms with Gasteiger partial charge in [0, 0.05) is 6.07 Å². The van der Waals surface area contributed by atoms with E-state index >= 15 is 0 Å². The number of hydrogen-bond donors (Lipinski definition) is 0. The summed E-state index contributed by atoms with van der Waals surface area (Å²) in [5, 5.41) is 9.95. The Bertz CT molecular complexity index is 280. The number of halogens is 2. The van der Waals surface area contributed by atoms with Crippen LogP contribution in [0, 0.1) is 27.8 Å². The molecule has 0 amide bonds. The van der Waals surface area contributed by atoms with Gasteiger partial charge in [-0.1, -0.05) is 0 Å². The molecular formula is C6H2F2NO2. The van der Waals surface area contributed by atoms with Gasteiger partial charge in [0.1, 0.15) is 0 Å². The summed E-state index contributed by atoms with van der Waals surface area (Å²) < 4.78 is 24.8. The minimum absolute atomic E-state index is 0.779. The van der Waals surface area contributed by atoms with E-state index in [0.29, 0.717) is 0 Å². The van der Waals surface area contributed by atoms with Crippen LogP contribution < -0.4 is 0 Å². The van der Waals surface area contributed by atoms with Crippen LogP contribution in [-0.2, 0) is 0 Å². The van der Waals surface area contributed by atoms with E-state index in [1.165, 1.54) is 0 Å². The Balaban J connectivity index is 3.32. The number of hydrogen-bond acceptors (Lipinski definition) is 2. The van der Waals surface area contributed by atoms with Crippen LogP contribution >= 0.6 is 0 Å². The predicted octanol–water partition coefficient (Wildman–Crippen LogP) is 1.67.